The van der Waals surface area contributed by atoms with Crippen LogP contribution in [-0.4, -0.2) is 59.8 Å². The van der Waals surface area contributed by atoms with Gasteiger partial charge in [-0.2, -0.15) is 0 Å². The number of halogens is 2. The summed E-state index contributed by atoms with van der Waals surface area (Å²) in [6.45, 7) is 5.03. The van der Waals surface area contributed by atoms with E-state index in [0.717, 1.165) is 37.2 Å². The van der Waals surface area contributed by atoms with Crippen molar-refractivity contribution >= 4 is 23.1 Å². The SMILES string of the molecule is Cc1cc(NC(=O)c2ccc([C@@](C)(O)CO)nc2N2CCC3(CC2)CC3)cc(N2CCC(F)(F)CC2)c1. The van der Waals surface area contributed by atoms with Crippen LogP contribution in [0.1, 0.15) is 67.1 Å². The first kappa shape index (κ1) is 25.9. The molecule has 2 aliphatic heterocycles. The van der Waals surface area contributed by atoms with Crippen molar-refractivity contribution in [2.45, 2.75) is 63.9 Å². The van der Waals surface area contributed by atoms with E-state index in [1.54, 1.807) is 12.1 Å². The molecule has 1 saturated carbocycles. The summed E-state index contributed by atoms with van der Waals surface area (Å²) in [5.41, 5.74) is 1.95. The van der Waals surface area contributed by atoms with Crippen molar-refractivity contribution < 1.29 is 23.8 Å². The van der Waals surface area contributed by atoms with Crippen molar-refractivity contribution in [1.29, 1.82) is 0 Å². The van der Waals surface area contributed by atoms with Gasteiger partial charge in [0.2, 0.25) is 0 Å². The highest BCUT2D eigenvalue weighted by molar-refractivity contribution is 6.07. The Morgan fingerprint density at radius 3 is 2.30 bits per heavy atom. The summed E-state index contributed by atoms with van der Waals surface area (Å²) < 4.78 is 27.3. The number of piperidine rings is 2. The number of alkyl halides is 2. The predicted molar refractivity (Wildman–Crippen MR) is 140 cm³/mol. The number of pyridine rings is 1. The monoisotopic (exact) mass is 514 g/mol. The van der Waals surface area contributed by atoms with Gasteiger partial charge < -0.3 is 25.3 Å². The number of nitrogens with zero attached hydrogens (tertiary/aromatic N) is 3. The number of carbonyl (C=O) groups is 1. The minimum atomic E-state index is -2.62. The molecule has 1 aromatic carbocycles. The fourth-order valence-corrected chi connectivity index (χ4v) is 5.43. The van der Waals surface area contributed by atoms with Crippen molar-refractivity contribution in [3.05, 3.63) is 47.2 Å². The molecule has 37 heavy (non-hydrogen) atoms. The van der Waals surface area contributed by atoms with E-state index in [-0.39, 0.29) is 31.8 Å². The first-order chi connectivity index (χ1) is 17.5. The maximum Gasteiger partial charge on any atom is 0.259 e. The zero-order valence-corrected chi connectivity index (χ0v) is 21.6. The molecule has 1 aliphatic carbocycles. The van der Waals surface area contributed by atoms with Gasteiger partial charge >= 0.3 is 0 Å². The van der Waals surface area contributed by atoms with Crippen molar-refractivity contribution in [3.63, 3.8) is 0 Å². The van der Waals surface area contributed by atoms with E-state index in [1.165, 1.54) is 19.8 Å². The number of benzene rings is 1. The third-order valence-corrected chi connectivity index (χ3v) is 8.24. The summed E-state index contributed by atoms with van der Waals surface area (Å²) in [4.78, 5) is 22.2. The Labute approximate surface area is 216 Å². The lowest BCUT2D eigenvalue weighted by molar-refractivity contribution is -0.0220. The Hall–Kier alpha value is -2.78. The third-order valence-electron chi connectivity index (χ3n) is 8.24. The quantitative estimate of drug-likeness (QED) is 0.528. The molecule has 3 aliphatic rings. The van der Waals surface area contributed by atoms with Crippen LogP contribution in [0.4, 0.5) is 26.0 Å². The van der Waals surface area contributed by atoms with Gasteiger partial charge in [0.1, 0.15) is 11.4 Å². The van der Waals surface area contributed by atoms with Gasteiger partial charge in [-0.05, 0) is 80.8 Å². The van der Waals surface area contributed by atoms with Gasteiger partial charge in [-0.3, -0.25) is 4.79 Å². The number of amides is 1. The molecule has 3 heterocycles. The lowest BCUT2D eigenvalue weighted by Gasteiger charge is -2.35. The molecule has 3 N–H and O–H groups in total. The molecule has 1 spiro atoms. The molecular formula is C28H36F2N4O3. The highest BCUT2D eigenvalue weighted by Gasteiger charge is 2.45. The van der Waals surface area contributed by atoms with E-state index in [4.69, 9.17) is 0 Å². The molecule has 0 radical (unpaired) electrons. The van der Waals surface area contributed by atoms with Gasteiger partial charge in [0.15, 0.2) is 0 Å². The van der Waals surface area contributed by atoms with Gasteiger partial charge in [0.25, 0.3) is 11.8 Å². The topological polar surface area (TPSA) is 88.9 Å². The van der Waals surface area contributed by atoms with E-state index < -0.39 is 18.1 Å². The van der Waals surface area contributed by atoms with Gasteiger partial charge in [0, 0.05) is 50.4 Å². The summed E-state index contributed by atoms with van der Waals surface area (Å²) in [6, 6.07) is 8.86. The number of aliphatic hydroxyl groups is 2. The maximum absolute atomic E-state index is 13.7. The van der Waals surface area contributed by atoms with E-state index in [2.05, 4.69) is 15.2 Å². The molecule has 1 amide bonds. The van der Waals surface area contributed by atoms with Crippen LogP contribution >= 0.6 is 0 Å². The first-order valence-corrected chi connectivity index (χ1v) is 13.1. The highest BCUT2D eigenvalue weighted by Crippen LogP contribution is 2.54. The summed E-state index contributed by atoms with van der Waals surface area (Å²) in [7, 11) is 0. The van der Waals surface area contributed by atoms with Crippen LogP contribution < -0.4 is 15.1 Å². The largest absolute Gasteiger partial charge is 0.393 e. The number of aryl methyl sites for hydroxylation is 1. The summed E-state index contributed by atoms with van der Waals surface area (Å²) >= 11 is 0. The number of rotatable bonds is 6. The standard InChI is InChI=1S/C28H36F2N4O3/c1-19-15-20(17-21(16-19)33-13-9-28(29,30)10-14-33)31-25(36)22-3-4-23(26(2,37)18-35)32-24(22)34-11-7-27(5-6-27)8-12-34/h3-4,15-17,35,37H,5-14,18H2,1-2H3,(H,31,36)/t26-/m0/s1. The van der Waals surface area contributed by atoms with Crippen LogP contribution in [-0.2, 0) is 5.60 Å². The van der Waals surface area contributed by atoms with Gasteiger partial charge in [0.05, 0.1) is 17.9 Å². The Kier molecular flexibility index (Phi) is 6.64. The summed E-state index contributed by atoms with van der Waals surface area (Å²) in [5, 5.41) is 23.3. The van der Waals surface area contributed by atoms with Crippen molar-refractivity contribution in [1.82, 2.24) is 4.98 Å². The fraction of sp³-hybridized carbons (Fsp3) is 0.571. The van der Waals surface area contributed by atoms with Crippen LogP contribution in [0.15, 0.2) is 30.3 Å². The number of anilines is 3. The maximum atomic E-state index is 13.7. The molecule has 2 saturated heterocycles. The minimum Gasteiger partial charge on any atom is -0.393 e. The minimum absolute atomic E-state index is 0.182. The molecule has 5 rings (SSSR count). The molecule has 1 atom stereocenters. The second-order valence-corrected chi connectivity index (χ2v) is 11.3. The van der Waals surface area contributed by atoms with Crippen molar-refractivity contribution in [2.75, 3.05) is 47.9 Å². The number of aliphatic hydroxyl groups excluding tert-OH is 1. The van der Waals surface area contributed by atoms with Crippen LogP contribution in [0.3, 0.4) is 0 Å². The van der Waals surface area contributed by atoms with Gasteiger partial charge in [-0.1, -0.05) is 0 Å². The normalized spacial score (nSPS) is 22.0. The number of nitrogens with one attached hydrogen (secondary N) is 1. The average molecular weight is 515 g/mol. The first-order valence-electron chi connectivity index (χ1n) is 13.1. The van der Waals surface area contributed by atoms with E-state index in [0.29, 0.717) is 28.2 Å². The number of carbonyl (C=O) groups excluding carboxylic acids is 1. The van der Waals surface area contributed by atoms with Gasteiger partial charge in [-0.15, -0.1) is 0 Å². The molecular weight excluding hydrogens is 478 g/mol. The highest BCUT2D eigenvalue weighted by atomic mass is 19.3. The molecule has 9 heteroatoms. The van der Waals surface area contributed by atoms with Crippen LogP contribution in [0.25, 0.3) is 0 Å². The Bertz CT molecular complexity index is 1160. The van der Waals surface area contributed by atoms with Gasteiger partial charge in [-0.25, -0.2) is 13.8 Å². The number of hydrogen-bond donors (Lipinski definition) is 3. The molecule has 2 aromatic rings. The predicted octanol–water partition coefficient (Wildman–Crippen LogP) is 4.46. The second kappa shape index (κ2) is 9.51. The summed E-state index contributed by atoms with van der Waals surface area (Å²) in [6.07, 6.45) is 4.24. The number of aromatic nitrogens is 1. The lowest BCUT2D eigenvalue weighted by atomic mass is 9.93. The zero-order chi connectivity index (χ0) is 26.4. The fourth-order valence-electron chi connectivity index (χ4n) is 5.43. The van der Waals surface area contributed by atoms with E-state index in [9.17, 15) is 23.8 Å². The zero-order valence-electron chi connectivity index (χ0n) is 21.6. The van der Waals surface area contributed by atoms with Crippen molar-refractivity contribution in [2.24, 2.45) is 5.41 Å². The smallest absolute Gasteiger partial charge is 0.259 e. The molecule has 7 nitrogen and oxygen atoms in total. The Balaban J connectivity index is 1.40. The van der Waals surface area contributed by atoms with Crippen molar-refractivity contribution in [3.8, 4) is 0 Å². The lowest BCUT2D eigenvalue weighted by Crippen LogP contribution is -2.39. The number of hydrogen-bond acceptors (Lipinski definition) is 6. The molecule has 0 bridgehead atoms. The molecule has 200 valence electrons. The second-order valence-electron chi connectivity index (χ2n) is 11.3. The van der Waals surface area contributed by atoms with Crippen LogP contribution in [0.5, 0.6) is 0 Å². The van der Waals surface area contributed by atoms with Crippen LogP contribution in [0.2, 0.25) is 0 Å². The third kappa shape index (κ3) is 5.57. The molecule has 1 aromatic heterocycles. The Morgan fingerprint density at radius 2 is 1.68 bits per heavy atom. The van der Waals surface area contributed by atoms with E-state index in [1.807, 2.05) is 30.0 Å². The average Bonchev–Trinajstić information content (AvgIpc) is 3.62. The molecule has 0 unspecified atom stereocenters. The molecule has 3 fully saturated rings. The van der Waals surface area contributed by atoms with E-state index >= 15 is 0 Å². The summed E-state index contributed by atoms with van der Waals surface area (Å²) in [5.74, 6) is -2.45. The Morgan fingerprint density at radius 1 is 1.03 bits per heavy atom. The van der Waals surface area contributed by atoms with Crippen LogP contribution in [0, 0.1) is 12.3 Å².